The third-order valence-electron chi connectivity index (χ3n) is 4.16. The quantitative estimate of drug-likeness (QED) is 0.765. The van der Waals surface area contributed by atoms with Gasteiger partial charge in [0.1, 0.15) is 6.04 Å². The van der Waals surface area contributed by atoms with Gasteiger partial charge in [-0.3, -0.25) is 14.9 Å². The van der Waals surface area contributed by atoms with Crippen molar-refractivity contribution in [2.24, 2.45) is 0 Å². The number of anilines is 2. The zero-order valence-electron chi connectivity index (χ0n) is 13.7. The fraction of sp³-hybridized carbons (Fsp3) is 0.471. The van der Waals surface area contributed by atoms with Crippen molar-refractivity contribution in [3.63, 3.8) is 0 Å². The Bertz CT molecular complexity index is 657. The SMILES string of the molecule is CC(Nc1cccc(N2CCCC2=O)c1)C(=O)NC(=O)NC1CC1. The number of amides is 4. The number of carbonyl (C=O) groups is 3. The molecule has 1 heterocycles. The molecule has 1 atom stereocenters. The maximum absolute atomic E-state index is 12.1. The molecule has 1 aliphatic heterocycles. The van der Waals surface area contributed by atoms with E-state index in [4.69, 9.17) is 0 Å². The van der Waals surface area contributed by atoms with Crippen LogP contribution in [0.15, 0.2) is 24.3 Å². The molecule has 24 heavy (non-hydrogen) atoms. The van der Waals surface area contributed by atoms with Gasteiger partial charge in [-0.25, -0.2) is 4.79 Å². The Morgan fingerprint density at radius 3 is 2.75 bits per heavy atom. The van der Waals surface area contributed by atoms with Crippen molar-refractivity contribution < 1.29 is 14.4 Å². The molecule has 0 radical (unpaired) electrons. The molecule has 7 nitrogen and oxygen atoms in total. The number of hydrogen-bond donors (Lipinski definition) is 3. The number of carbonyl (C=O) groups excluding carboxylic acids is 3. The summed E-state index contributed by atoms with van der Waals surface area (Å²) < 4.78 is 0. The van der Waals surface area contributed by atoms with Crippen LogP contribution in [0.4, 0.5) is 16.2 Å². The van der Waals surface area contributed by atoms with Gasteiger partial charge in [0.25, 0.3) is 0 Å². The first-order chi connectivity index (χ1) is 11.5. The summed E-state index contributed by atoms with van der Waals surface area (Å²) in [6.45, 7) is 2.41. The Kier molecular flexibility index (Phi) is 4.69. The van der Waals surface area contributed by atoms with Crippen molar-refractivity contribution in [1.82, 2.24) is 10.6 Å². The van der Waals surface area contributed by atoms with Crippen molar-refractivity contribution in [3.05, 3.63) is 24.3 Å². The third kappa shape index (κ3) is 4.04. The van der Waals surface area contributed by atoms with Gasteiger partial charge in [-0.1, -0.05) is 6.07 Å². The van der Waals surface area contributed by atoms with E-state index in [0.29, 0.717) is 6.42 Å². The maximum atomic E-state index is 12.1. The molecule has 1 aromatic carbocycles. The first-order valence-electron chi connectivity index (χ1n) is 8.31. The van der Waals surface area contributed by atoms with Crippen LogP contribution in [0, 0.1) is 0 Å². The molecule has 1 saturated carbocycles. The van der Waals surface area contributed by atoms with E-state index in [1.807, 2.05) is 24.3 Å². The number of nitrogens with zero attached hydrogens (tertiary/aromatic N) is 1. The third-order valence-corrected chi connectivity index (χ3v) is 4.16. The van der Waals surface area contributed by atoms with Gasteiger partial charge >= 0.3 is 6.03 Å². The predicted molar refractivity (Wildman–Crippen MR) is 90.8 cm³/mol. The molecule has 4 amide bonds. The summed E-state index contributed by atoms with van der Waals surface area (Å²) in [5.41, 5.74) is 1.55. The number of imide groups is 1. The fourth-order valence-corrected chi connectivity index (χ4v) is 2.67. The van der Waals surface area contributed by atoms with E-state index < -0.39 is 18.0 Å². The average Bonchev–Trinajstić information content (AvgIpc) is 3.25. The van der Waals surface area contributed by atoms with Crippen molar-refractivity contribution in [2.45, 2.75) is 44.7 Å². The summed E-state index contributed by atoms with van der Waals surface area (Å²) in [4.78, 5) is 37.2. The lowest BCUT2D eigenvalue weighted by Crippen LogP contribution is -2.46. The van der Waals surface area contributed by atoms with Gasteiger partial charge in [0.2, 0.25) is 11.8 Å². The van der Waals surface area contributed by atoms with Gasteiger partial charge < -0.3 is 15.5 Å². The molecule has 0 bridgehead atoms. The maximum Gasteiger partial charge on any atom is 0.321 e. The molecule has 0 aromatic heterocycles. The lowest BCUT2D eigenvalue weighted by Gasteiger charge is -2.19. The van der Waals surface area contributed by atoms with Crippen molar-refractivity contribution >= 4 is 29.2 Å². The lowest BCUT2D eigenvalue weighted by molar-refractivity contribution is -0.120. The summed E-state index contributed by atoms with van der Waals surface area (Å²) in [6, 6.07) is 6.58. The number of benzene rings is 1. The van der Waals surface area contributed by atoms with E-state index in [9.17, 15) is 14.4 Å². The minimum atomic E-state index is -0.570. The van der Waals surface area contributed by atoms with Crippen LogP contribution in [0.25, 0.3) is 0 Å². The van der Waals surface area contributed by atoms with E-state index in [1.165, 1.54) is 0 Å². The summed E-state index contributed by atoms with van der Waals surface area (Å²) in [7, 11) is 0. The molecular weight excluding hydrogens is 308 g/mol. The topological polar surface area (TPSA) is 90.5 Å². The monoisotopic (exact) mass is 330 g/mol. The Morgan fingerprint density at radius 2 is 2.08 bits per heavy atom. The van der Waals surface area contributed by atoms with Gasteiger partial charge in [0, 0.05) is 30.4 Å². The first kappa shape index (κ1) is 16.3. The highest BCUT2D eigenvalue weighted by molar-refractivity contribution is 5.98. The predicted octanol–water partition coefficient (Wildman–Crippen LogP) is 1.60. The van der Waals surface area contributed by atoms with Gasteiger partial charge in [-0.05, 0) is 44.4 Å². The second-order valence-corrected chi connectivity index (χ2v) is 6.30. The Balaban J connectivity index is 1.57. The van der Waals surface area contributed by atoms with E-state index in [1.54, 1.807) is 11.8 Å². The molecule has 1 saturated heterocycles. The molecule has 0 spiro atoms. The fourth-order valence-electron chi connectivity index (χ4n) is 2.67. The Labute approximate surface area is 140 Å². The Hall–Kier alpha value is -2.57. The van der Waals surface area contributed by atoms with Crippen LogP contribution in [0.2, 0.25) is 0 Å². The van der Waals surface area contributed by atoms with Gasteiger partial charge in [-0.2, -0.15) is 0 Å². The van der Waals surface area contributed by atoms with Gasteiger partial charge in [-0.15, -0.1) is 0 Å². The molecule has 2 fully saturated rings. The van der Waals surface area contributed by atoms with Crippen LogP contribution in [-0.4, -0.2) is 36.5 Å². The van der Waals surface area contributed by atoms with Crippen LogP contribution >= 0.6 is 0 Å². The van der Waals surface area contributed by atoms with Gasteiger partial charge in [0.05, 0.1) is 0 Å². The molecule has 1 aromatic rings. The van der Waals surface area contributed by atoms with Crippen LogP contribution in [0.5, 0.6) is 0 Å². The minimum absolute atomic E-state index is 0.120. The summed E-state index contributed by atoms with van der Waals surface area (Å²) >= 11 is 0. The summed E-state index contributed by atoms with van der Waals surface area (Å²) in [5, 5.41) is 8.11. The number of nitrogens with one attached hydrogen (secondary N) is 3. The second-order valence-electron chi connectivity index (χ2n) is 6.30. The normalized spacial score (nSPS) is 18.2. The van der Waals surface area contributed by atoms with Crippen molar-refractivity contribution in [3.8, 4) is 0 Å². The molecule has 2 aliphatic rings. The smallest absolute Gasteiger partial charge is 0.321 e. The minimum Gasteiger partial charge on any atom is -0.374 e. The first-order valence-corrected chi connectivity index (χ1v) is 8.31. The summed E-state index contributed by atoms with van der Waals surface area (Å²) in [5.74, 6) is -0.273. The van der Waals surface area contributed by atoms with Crippen molar-refractivity contribution in [1.29, 1.82) is 0 Å². The molecule has 3 N–H and O–H groups in total. The molecular formula is C17H22N4O3. The number of rotatable bonds is 5. The molecule has 3 rings (SSSR count). The summed E-state index contributed by atoms with van der Waals surface area (Å²) in [6.07, 6.45) is 3.38. The van der Waals surface area contributed by atoms with Crippen LogP contribution in [0.1, 0.15) is 32.6 Å². The highest BCUT2D eigenvalue weighted by Gasteiger charge is 2.25. The van der Waals surface area contributed by atoms with E-state index >= 15 is 0 Å². The van der Waals surface area contributed by atoms with E-state index in [2.05, 4.69) is 16.0 Å². The van der Waals surface area contributed by atoms with Crippen molar-refractivity contribution in [2.75, 3.05) is 16.8 Å². The molecule has 1 unspecified atom stereocenters. The highest BCUT2D eigenvalue weighted by Crippen LogP contribution is 2.24. The van der Waals surface area contributed by atoms with E-state index in [0.717, 1.165) is 37.2 Å². The zero-order valence-corrected chi connectivity index (χ0v) is 13.7. The number of urea groups is 1. The number of hydrogen-bond acceptors (Lipinski definition) is 4. The van der Waals surface area contributed by atoms with Crippen LogP contribution in [-0.2, 0) is 9.59 Å². The second kappa shape index (κ2) is 6.90. The zero-order chi connectivity index (χ0) is 17.1. The molecule has 7 heteroatoms. The highest BCUT2D eigenvalue weighted by atomic mass is 16.2. The average molecular weight is 330 g/mol. The Morgan fingerprint density at radius 1 is 1.29 bits per heavy atom. The van der Waals surface area contributed by atoms with E-state index in [-0.39, 0.29) is 11.9 Å². The van der Waals surface area contributed by atoms with Crippen LogP contribution < -0.4 is 20.9 Å². The lowest BCUT2D eigenvalue weighted by atomic mass is 10.2. The largest absolute Gasteiger partial charge is 0.374 e. The molecule has 1 aliphatic carbocycles. The van der Waals surface area contributed by atoms with Gasteiger partial charge in [0.15, 0.2) is 0 Å². The standard InChI is InChI=1S/C17H22N4O3/c1-11(16(23)20-17(24)19-12-7-8-12)18-13-4-2-5-14(10-13)21-9-3-6-15(21)22/h2,4-5,10-12,18H,3,6-9H2,1H3,(H2,19,20,23,24). The molecule has 128 valence electrons. The van der Waals surface area contributed by atoms with Crippen LogP contribution in [0.3, 0.4) is 0 Å².